The predicted octanol–water partition coefficient (Wildman–Crippen LogP) is -2.31. The Bertz CT molecular complexity index is 155. The van der Waals surface area contributed by atoms with Gasteiger partial charge < -0.3 is 14.9 Å². The summed E-state index contributed by atoms with van der Waals surface area (Å²) in [6.45, 7) is 0.696. The summed E-state index contributed by atoms with van der Waals surface area (Å²) in [6.07, 6.45) is 0. The average Bonchev–Trinajstić information content (AvgIpc) is 1.85. The number of aliphatic hydroxyl groups excluding tert-OH is 2. The Labute approximate surface area is 98.6 Å². The molecule has 13 heavy (non-hydrogen) atoms. The van der Waals surface area contributed by atoms with Gasteiger partial charge in [0.05, 0.1) is 26.4 Å². The number of rotatable bonds is 4. The van der Waals surface area contributed by atoms with Crippen LogP contribution in [0.4, 0.5) is 0 Å². The van der Waals surface area contributed by atoms with Crippen LogP contribution < -0.4 is 0 Å². The summed E-state index contributed by atoms with van der Waals surface area (Å²) in [5.74, 6) is 0. The van der Waals surface area contributed by atoms with E-state index in [1.54, 1.807) is 0 Å². The molecule has 0 aliphatic rings. The van der Waals surface area contributed by atoms with Crippen LogP contribution in [0.5, 0.6) is 0 Å². The molecule has 0 atom stereocenters. The van der Waals surface area contributed by atoms with Crippen LogP contribution >= 0.6 is 0 Å². The third kappa shape index (κ3) is 65.3. The van der Waals surface area contributed by atoms with E-state index in [0.717, 1.165) is 0 Å². The molecule has 0 aromatic rings. The van der Waals surface area contributed by atoms with E-state index in [2.05, 4.69) is 4.74 Å². The Balaban J connectivity index is -0.000000150. The normalized spacial score (nSPS) is 9.54. The van der Waals surface area contributed by atoms with Gasteiger partial charge in [0.25, 0.3) is 0 Å². The zero-order valence-electron chi connectivity index (χ0n) is 6.25. The van der Waals surface area contributed by atoms with E-state index in [9.17, 15) is 0 Å². The van der Waals surface area contributed by atoms with Crippen molar-refractivity contribution in [1.29, 1.82) is 0 Å². The van der Waals surface area contributed by atoms with Crippen LogP contribution in [0.15, 0.2) is 0 Å². The van der Waals surface area contributed by atoms with Gasteiger partial charge in [0.15, 0.2) is 0 Å². The average molecular weight is 228 g/mol. The maximum atomic E-state index is 8.74. The summed E-state index contributed by atoms with van der Waals surface area (Å²) >= 11 is 0. The Morgan fingerprint density at radius 3 is 1.38 bits per heavy atom. The van der Waals surface area contributed by atoms with Crippen molar-refractivity contribution >= 4 is 40.0 Å². The molecule has 0 aromatic carbocycles. The Morgan fingerprint density at radius 2 is 1.23 bits per heavy atom. The zero-order valence-corrected chi connectivity index (χ0v) is 7.07. The van der Waals surface area contributed by atoms with E-state index in [4.69, 9.17) is 27.7 Å². The van der Waals surface area contributed by atoms with Crippen LogP contribution in [-0.4, -0.2) is 83.7 Å². The second kappa shape index (κ2) is 12.8. The number of hydrogen-bond acceptors (Lipinski definition) is 5. The molecule has 0 unspecified atom stereocenters. The molecule has 0 aliphatic heterocycles. The Kier molecular flexibility index (Phi) is 19.0. The van der Waals surface area contributed by atoms with Crippen LogP contribution in [0, 0.1) is 0 Å². The fourth-order valence-corrected chi connectivity index (χ4v) is 0.231. The number of ether oxygens (including phenoxy) is 1. The molecule has 0 heterocycles. The van der Waals surface area contributed by atoms with E-state index in [1.807, 2.05) is 0 Å². The van der Waals surface area contributed by atoms with Gasteiger partial charge >= 0.3 is 40.0 Å². The second-order valence-corrected chi connectivity index (χ2v) is 2.40. The molecule has 4 N–H and O–H groups in total. The third-order valence-corrected chi connectivity index (χ3v) is 0.471. The monoisotopic (exact) mass is 228 g/mol. The van der Waals surface area contributed by atoms with Crippen molar-refractivity contribution in [3.63, 3.8) is 0 Å². The molecule has 9 heteroatoms. The molecular weight excluding hydrogens is 215 g/mol. The number of aliphatic hydroxyl groups is 2. The minimum absolute atomic E-state index is 0. The van der Waals surface area contributed by atoms with Gasteiger partial charge in [-0.2, -0.15) is 8.42 Å². The topological polar surface area (TPSA) is 124 Å². The van der Waals surface area contributed by atoms with Crippen molar-refractivity contribution in [1.82, 2.24) is 0 Å². The predicted molar refractivity (Wildman–Crippen MR) is 46.3 cm³/mol. The van der Waals surface area contributed by atoms with E-state index in [1.165, 1.54) is 0 Å². The van der Waals surface area contributed by atoms with Gasteiger partial charge in [0.2, 0.25) is 0 Å². The first kappa shape index (κ1) is 19.3. The Hall–Kier alpha value is 0.750. The van der Waals surface area contributed by atoms with Crippen LogP contribution in [0.1, 0.15) is 0 Å². The van der Waals surface area contributed by atoms with Crippen molar-refractivity contribution in [2.45, 2.75) is 0 Å². The molecule has 0 bridgehead atoms. The molecule has 0 aromatic heterocycles. The van der Waals surface area contributed by atoms with Crippen LogP contribution in [0.25, 0.3) is 0 Å². The molecule has 0 amide bonds. The van der Waals surface area contributed by atoms with Crippen molar-refractivity contribution in [3.8, 4) is 0 Å². The van der Waals surface area contributed by atoms with Crippen LogP contribution in [0.3, 0.4) is 0 Å². The molecule has 78 valence electrons. The van der Waals surface area contributed by atoms with Gasteiger partial charge in [-0.25, -0.2) is 0 Å². The zero-order chi connectivity index (χ0) is 10.0. The molecular formula is C4H13NaO7S. The SMILES string of the molecule is O=S(=O)(O)O.OCCOCCO.[NaH]. The first-order chi connectivity index (χ1) is 5.41. The molecule has 0 saturated carbocycles. The molecule has 0 radical (unpaired) electrons. The van der Waals surface area contributed by atoms with Gasteiger partial charge in [-0.15, -0.1) is 0 Å². The maximum absolute atomic E-state index is 8.74. The standard InChI is InChI=1S/C4H10O3.Na.H2O4S.H/c5-1-3-7-4-2-6;;1-5(2,3)4;/h5-6H,1-4H2;;(H2,1,2,3,4);. The van der Waals surface area contributed by atoms with Gasteiger partial charge in [0.1, 0.15) is 0 Å². The summed E-state index contributed by atoms with van der Waals surface area (Å²) < 4.78 is 36.2. The van der Waals surface area contributed by atoms with Crippen molar-refractivity contribution < 1.29 is 32.5 Å². The summed E-state index contributed by atoms with van der Waals surface area (Å²) in [7, 11) is -4.67. The minimum atomic E-state index is -4.67. The van der Waals surface area contributed by atoms with Gasteiger partial charge in [-0.05, 0) is 0 Å². The molecule has 7 nitrogen and oxygen atoms in total. The fraction of sp³-hybridized carbons (Fsp3) is 1.00. The van der Waals surface area contributed by atoms with E-state index < -0.39 is 10.4 Å². The summed E-state index contributed by atoms with van der Waals surface area (Å²) in [5.41, 5.74) is 0. The Morgan fingerprint density at radius 1 is 1.00 bits per heavy atom. The van der Waals surface area contributed by atoms with Crippen LogP contribution in [-0.2, 0) is 15.1 Å². The fourth-order valence-electron chi connectivity index (χ4n) is 0.231. The molecule has 0 aliphatic carbocycles. The molecule has 0 saturated heterocycles. The number of hydrogen-bond donors (Lipinski definition) is 4. The quantitative estimate of drug-likeness (QED) is 0.242. The molecule has 0 rings (SSSR count). The first-order valence-corrected chi connectivity index (χ1v) is 4.31. The van der Waals surface area contributed by atoms with Crippen molar-refractivity contribution in [3.05, 3.63) is 0 Å². The van der Waals surface area contributed by atoms with Gasteiger partial charge in [-0.1, -0.05) is 0 Å². The molecule has 0 fully saturated rings. The van der Waals surface area contributed by atoms with E-state index >= 15 is 0 Å². The second-order valence-electron chi connectivity index (χ2n) is 1.51. The van der Waals surface area contributed by atoms with Crippen molar-refractivity contribution in [2.75, 3.05) is 26.4 Å². The van der Waals surface area contributed by atoms with E-state index in [-0.39, 0.29) is 42.8 Å². The first-order valence-electron chi connectivity index (χ1n) is 2.91. The molecule has 0 spiro atoms. The van der Waals surface area contributed by atoms with Gasteiger partial charge in [-0.3, -0.25) is 9.11 Å². The third-order valence-electron chi connectivity index (χ3n) is 0.471. The van der Waals surface area contributed by atoms with Gasteiger partial charge in [0, 0.05) is 0 Å². The summed E-state index contributed by atoms with van der Waals surface area (Å²) in [6, 6.07) is 0. The van der Waals surface area contributed by atoms with Crippen molar-refractivity contribution in [2.24, 2.45) is 0 Å². The summed E-state index contributed by atoms with van der Waals surface area (Å²) in [5, 5.41) is 16.2. The van der Waals surface area contributed by atoms with Crippen LogP contribution in [0.2, 0.25) is 0 Å². The van der Waals surface area contributed by atoms with E-state index in [0.29, 0.717) is 13.2 Å². The summed E-state index contributed by atoms with van der Waals surface area (Å²) in [4.78, 5) is 0.